The van der Waals surface area contributed by atoms with E-state index in [9.17, 15) is 9.59 Å². The highest BCUT2D eigenvalue weighted by Crippen LogP contribution is 2.34. The molecular formula is C20H19N3O2. The van der Waals surface area contributed by atoms with Gasteiger partial charge in [-0.25, -0.2) is 4.98 Å². The molecule has 1 N–H and O–H groups in total. The minimum atomic E-state index is -0.240. The maximum atomic E-state index is 12.3. The molecule has 1 aliphatic rings. The second kappa shape index (κ2) is 6.51. The normalized spacial score (nSPS) is 14.2. The van der Waals surface area contributed by atoms with E-state index in [1.807, 2.05) is 42.5 Å². The Morgan fingerprint density at radius 2 is 1.92 bits per heavy atom. The molecule has 0 atom stereocenters. The molecule has 0 aliphatic heterocycles. The number of hydrogen-bond donors (Lipinski definition) is 1. The summed E-state index contributed by atoms with van der Waals surface area (Å²) in [6, 6.07) is 15.3. The number of nitrogens with zero attached hydrogens (tertiary/aromatic N) is 2. The largest absolute Gasteiger partial charge is 0.325 e. The highest BCUT2D eigenvalue weighted by atomic mass is 16.2. The number of aromatic nitrogens is 2. The SMILES string of the molecule is O=C(Cn1cnc(C2CCC2)cc1=O)Nc1ccc2ccccc2c1. The van der Waals surface area contributed by atoms with Crippen molar-refractivity contribution in [3.8, 4) is 0 Å². The second-order valence-corrected chi connectivity index (χ2v) is 6.52. The zero-order valence-corrected chi connectivity index (χ0v) is 13.8. The maximum absolute atomic E-state index is 12.3. The second-order valence-electron chi connectivity index (χ2n) is 6.52. The molecule has 1 aromatic heterocycles. The van der Waals surface area contributed by atoms with E-state index in [0.29, 0.717) is 5.92 Å². The van der Waals surface area contributed by atoms with E-state index < -0.39 is 0 Å². The van der Waals surface area contributed by atoms with Crippen LogP contribution < -0.4 is 10.9 Å². The predicted octanol–water partition coefficient (Wildman–Crippen LogP) is 3.30. The third-order valence-corrected chi connectivity index (χ3v) is 4.77. The predicted molar refractivity (Wildman–Crippen MR) is 97.7 cm³/mol. The zero-order chi connectivity index (χ0) is 17.2. The Hall–Kier alpha value is -2.95. The number of fused-ring (bicyclic) bond motifs is 1. The summed E-state index contributed by atoms with van der Waals surface area (Å²) in [4.78, 5) is 28.8. The molecule has 0 spiro atoms. The lowest BCUT2D eigenvalue weighted by Gasteiger charge is -2.24. The van der Waals surface area contributed by atoms with Crippen LogP contribution >= 0.6 is 0 Å². The number of amides is 1. The zero-order valence-electron chi connectivity index (χ0n) is 13.8. The molecular weight excluding hydrogens is 314 g/mol. The minimum absolute atomic E-state index is 0.0381. The van der Waals surface area contributed by atoms with Gasteiger partial charge in [0.1, 0.15) is 6.54 Å². The van der Waals surface area contributed by atoms with Crippen LogP contribution in [0.1, 0.15) is 30.9 Å². The molecule has 0 bridgehead atoms. The van der Waals surface area contributed by atoms with E-state index in [4.69, 9.17) is 0 Å². The first-order chi connectivity index (χ1) is 12.2. The molecule has 3 aromatic rings. The summed E-state index contributed by atoms with van der Waals surface area (Å²) < 4.78 is 1.35. The summed E-state index contributed by atoms with van der Waals surface area (Å²) in [5, 5.41) is 5.02. The number of anilines is 1. The van der Waals surface area contributed by atoms with E-state index in [1.165, 1.54) is 17.3 Å². The van der Waals surface area contributed by atoms with Gasteiger partial charge in [0.05, 0.1) is 12.0 Å². The van der Waals surface area contributed by atoms with E-state index >= 15 is 0 Å². The molecule has 1 amide bonds. The van der Waals surface area contributed by atoms with Crippen molar-refractivity contribution >= 4 is 22.4 Å². The van der Waals surface area contributed by atoms with Crippen LogP contribution in [0.25, 0.3) is 10.8 Å². The topological polar surface area (TPSA) is 64.0 Å². The molecule has 2 aromatic carbocycles. The Kier molecular flexibility index (Phi) is 4.06. The molecule has 5 heteroatoms. The van der Waals surface area contributed by atoms with Crippen molar-refractivity contribution in [3.63, 3.8) is 0 Å². The quantitative estimate of drug-likeness (QED) is 0.797. The van der Waals surface area contributed by atoms with Gasteiger partial charge in [0.25, 0.3) is 5.56 Å². The van der Waals surface area contributed by atoms with Crippen LogP contribution in [0.5, 0.6) is 0 Å². The first-order valence-electron chi connectivity index (χ1n) is 8.54. The number of hydrogen-bond acceptors (Lipinski definition) is 3. The van der Waals surface area contributed by atoms with Crippen molar-refractivity contribution in [3.05, 3.63) is 70.9 Å². The molecule has 1 saturated carbocycles. The minimum Gasteiger partial charge on any atom is -0.325 e. The van der Waals surface area contributed by atoms with Gasteiger partial charge in [0, 0.05) is 17.7 Å². The molecule has 0 unspecified atom stereocenters. The Morgan fingerprint density at radius 1 is 1.12 bits per heavy atom. The van der Waals surface area contributed by atoms with Crippen molar-refractivity contribution in [2.24, 2.45) is 0 Å². The number of benzene rings is 2. The van der Waals surface area contributed by atoms with Crippen molar-refractivity contribution in [1.29, 1.82) is 0 Å². The summed E-state index contributed by atoms with van der Waals surface area (Å²) in [6.07, 6.45) is 4.87. The Morgan fingerprint density at radius 3 is 2.64 bits per heavy atom. The maximum Gasteiger partial charge on any atom is 0.254 e. The summed E-state index contributed by atoms with van der Waals surface area (Å²) in [7, 11) is 0. The van der Waals surface area contributed by atoms with Crippen LogP contribution in [0, 0.1) is 0 Å². The lowest BCUT2D eigenvalue weighted by molar-refractivity contribution is -0.116. The molecule has 1 fully saturated rings. The number of carbonyl (C=O) groups excluding carboxylic acids is 1. The molecule has 1 aliphatic carbocycles. The van der Waals surface area contributed by atoms with Crippen LogP contribution in [-0.4, -0.2) is 15.5 Å². The van der Waals surface area contributed by atoms with Gasteiger partial charge in [-0.3, -0.25) is 14.2 Å². The molecule has 4 rings (SSSR count). The monoisotopic (exact) mass is 333 g/mol. The van der Waals surface area contributed by atoms with Crippen LogP contribution in [-0.2, 0) is 11.3 Å². The van der Waals surface area contributed by atoms with Crippen molar-refractivity contribution < 1.29 is 4.79 Å². The van der Waals surface area contributed by atoms with Crippen LogP contribution in [0.3, 0.4) is 0 Å². The van der Waals surface area contributed by atoms with Gasteiger partial charge in [0.15, 0.2) is 0 Å². The van der Waals surface area contributed by atoms with Crippen molar-refractivity contribution in [2.75, 3.05) is 5.32 Å². The van der Waals surface area contributed by atoms with Crippen molar-refractivity contribution in [1.82, 2.24) is 9.55 Å². The summed E-state index contributed by atoms with van der Waals surface area (Å²) in [5.41, 5.74) is 1.39. The van der Waals surface area contributed by atoms with Crippen LogP contribution in [0.15, 0.2) is 59.7 Å². The fourth-order valence-electron chi connectivity index (χ4n) is 3.11. The van der Waals surface area contributed by atoms with Crippen LogP contribution in [0.4, 0.5) is 5.69 Å². The van der Waals surface area contributed by atoms with E-state index in [-0.39, 0.29) is 18.0 Å². The average Bonchev–Trinajstić information content (AvgIpc) is 2.56. The summed E-state index contributed by atoms with van der Waals surface area (Å²) >= 11 is 0. The molecule has 126 valence electrons. The van der Waals surface area contributed by atoms with E-state index in [0.717, 1.165) is 35.0 Å². The number of rotatable bonds is 4. The smallest absolute Gasteiger partial charge is 0.254 e. The fourth-order valence-corrected chi connectivity index (χ4v) is 3.11. The van der Waals surface area contributed by atoms with Gasteiger partial charge >= 0.3 is 0 Å². The standard InChI is InChI=1S/C20H19N3O2/c24-19(22-17-9-8-14-4-1-2-5-16(14)10-17)12-23-13-21-18(11-20(23)25)15-6-3-7-15/h1-2,4-5,8-11,13,15H,3,6-7,12H2,(H,22,24). The lowest BCUT2D eigenvalue weighted by atomic mass is 9.83. The van der Waals surface area contributed by atoms with E-state index in [2.05, 4.69) is 10.3 Å². The van der Waals surface area contributed by atoms with Crippen molar-refractivity contribution in [2.45, 2.75) is 31.7 Å². The molecule has 25 heavy (non-hydrogen) atoms. The first kappa shape index (κ1) is 15.6. The van der Waals surface area contributed by atoms with Gasteiger partial charge in [-0.05, 0) is 35.7 Å². The highest BCUT2D eigenvalue weighted by Gasteiger charge is 2.21. The van der Waals surface area contributed by atoms with Gasteiger partial charge in [-0.2, -0.15) is 0 Å². The molecule has 1 heterocycles. The number of nitrogens with one attached hydrogen (secondary N) is 1. The third-order valence-electron chi connectivity index (χ3n) is 4.77. The number of carbonyl (C=O) groups is 1. The third kappa shape index (κ3) is 3.31. The average molecular weight is 333 g/mol. The Labute approximate surface area is 145 Å². The van der Waals surface area contributed by atoms with Gasteiger partial charge < -0.3 is 5.32 Å². The van der Waals surface area contributed by atoms with Crippen LogP contribution in [0.2, 0.25) is 0 Å². The lowest BCUT2D eigenvalue weighted by Crippen LogP contribution is -2.28. The van der Waals surface area contributed by atoms with Gasteiger partial charge in [-0.15, -0.1) is 0 Å². The Bertz CT molecular complexity index is 989. The summed E-state index contributed by atoms with van der Waals surface area (Å²) in [5.74, 6) is 0.171. The van der Waals surface area contributed by atoms with Gasteiger partial charge in [0.2, 0.25) is 5.91 Å². The molecule has 5 nitrogen and oxygen atoms in total. The highest BCUT2D eigenvalue weighted by molar-refractivity contribution is 5.94. The fraction of sp³-hybridized carbons (Fsp3) is 0.250. The molecule has 0 saturated heterocycles. The summed E-state index contributed by atoms with van der Waals surface area (Å²) in [6.45, 7) is -0.0381. The first-order valence-corrected chi connectivity index (χ1v) is 8.54. The van der Waals surface area contributed by atoms with Gasteiger partial charge in [-0.1, -0.05) is 36.8 Å². The van der Waals surface area contributed by atoms with E-state index in [1.54, 1.807) is 6.07 Å². The Balaban J connectivity index is 1.46. The molecule has 0 radical (unpaired) electrons.